The zero-order chi connectivity index (χ0) is 19.2. The van der Waals surface area contributed by atoms with Gasteiger partial charge in [-0.2, -0.15) is 0 Å². The highest BCUT2D eigenvalue weighted by atomic mass is 19.1. The minimum atomic E-state index is -0.892. The number of carbonyl (C=O) groups is 2. The first kappa shape index (κ1) is 18.3. The van der Waals surface area contributed by atoms with E-state index in [0.717, 1.165) is 44.2 Å². The van der Waals surface area contributed by atoms with Crippen LogP contribution in [0, 0.1) is 28.9 Å². The molecule has 4 atom stereocenters. The van der Waals surface area contributed by atoms with Gasteiger partial charge in [0.2, 0.25) is 0 Å². The predicted molar refractivity (Wildman–Crippen MR) is 92.6 cm³/mol. The quantitative estimate of drug-likeness (QED) is 0.771. The molecular weight excluding hydrogens is 356 g/mol. The minimum absolute atomic E-state index is 0.166. The lowest BCUT2D eigenvalue weighted by molar-refractivity contribution is -0.177. The number of benzene rings is 1. The van der Waals surface area contributed by atoms with E-state index in [1.54, 1.807) is 0 Å². The normalized spacial score (nSPS) is 33.7. The highest BCUT2D eigenvalue weighted by Gasteiger charge is 2.57. The van der Waals surface area contributed by atoms with Crippen LogP contribution in [0.5, 0.6) is 0 Å². The smallest absolute Gasteiger partial charge is 0.306 e. The highest BCUT2D eigenvalue weighted by molar-refractivity contribution is 5.92. The number of hydrogen-bond acceptors (Lipinski definition) is 4. The summed E-state index contributed by atoms with van der Waals surface area (Å²) in [5, 5.41) is 13.0. The van der Waals surface area contributed by atoms with Crippen LogP contribution in [0.4, 0.5) is 14.5 Å². The number of aliphatic hydroxyl groups is 1. The third kappa shape index (κ3) is 3.83. The lowest BCUT2D eigenvalue weighted by atomic mass is 9.47. The zero-order valence-corrected chi connectivity index (χ0v) is 15.0. The summed E-state index contributed by atoms with van der Waals surface area (Å²) < 4.78 is 31.5. The molecule has 2 N–H and O–H groups in total. The van der Waals surface area contributed by atoms with Crippen molar-refractivity contribution in [3.05, 3.63) is 29.8 Å². The van der Waals surface area contributed by atoms with Crippen molar-refractivity contribution in [1.29, 1.82) is 0 Å². The van der Waals surface area contributed by atoms with Gasteiger partial charge < -0.3 is 15.2 Å². The molecule has 7 heteroatoms. The van der Waals surface area contributed by atoms with E-state index in [1.807, 2.05) is 0 Å². The van der Waals surface area contributed by atoms with Gasteiger partial charge in [0.25, 0.3) is 5.91 Å². The summed E-state index contributed by atoms with van der Waals surface area (Å²) in [5.74, 6) is -1.86. The van der Waals surface area contributed by atoms with E-state index in [1.165, 1.54) is 0 Å². The molecule has 0 heterocycles. The Morgan fingerprint density at radius 3 is 2.52 bits per heavy atom. The van der Waals surface area contributed by atoms with Crippen LogP contribution in [0.15, 0.2) is 18.2 Å². The SMILES string of the molecule is O=C(COC(=O)CC12C[C@@H]3C[C@@H](CC(O)(C3)C1)C2)Nc1ccc(F)cc1F. The molecule has 4 aliphatic rings. The minimum Gasteiger partial charge on any atom is -0.456 e. The van der Waals surface area contributed by atoms with Gasteiger partial charge in [0, 0.05) is 6.07 Å². The van der Waals surface area contributed by atoms with Crippen molar-refractivity contribution in [3.8, 4) is 0 Å². The van der Waals surface area contributed by atoms with E-state index in [4.69, 9.17) is 4.74 Å². The number of esters is 1. The summed E-state index contributed by atoms with van der Waals surface area (Å²) >= 11 is 0. The van der Waals surface area contributed by atoms with E-state index in [9.17, 15) is 23.5 Å². The Hall–Kier alpha value is -2.02. The second-order valence-corrected chi connectivity index (χ2v) is 8.70. The van der Waals surface area contributed by atoms with Crippen LogP contribution in [-0.2, 0) is 14.3 Å². The monoisotopic (exact) mass is 379 g/mol. The summed E-state index contributed by atoms with van der Waals surface area (Å²) in [5.41, 5.74) is -1.04. The van der Waals surface area contributed by atoms with Crippen molar-refractivity contribution in [2.75, 3.05) is 11.9 Å². The maximum atomic E-state index is 13.5. The Balaban J connectivity index is 1.30. The number of rotatable bonds is 5. The molecule has 5 nitrogen and oxygen atoms in total. The number of nitrogens with one attached hydrogen (secondary N) is 1. The fourth-order valence-electron chi connectivity index (χ4n) is 5.89. The molecular formula is C20H23F2NO4. The Morgan fingerprint density at radius 1 is 1.19 bits per heavy atom. The summed E-state index contributed by atoms with van der Waals surface area (Å²) in [7, 11) is 0. The Bertz CT molecular complexity index is 767. The number of anilines is 1. The van der Waals surface area contributed by atoms with Crippen molar-refractivity contribution in [1.82, 2.24) is 0 Å². The third-order valence-electron chi connectivity index (χ3n) is 6.24. The second-order valence-electron chi connectivity index (χ2n) is 8.70. The van der Waals surface area contributed by atoms with E-state index in [-0.39, 0.29) is 17.5 Å². The molecule has 0 aromatic heterocycles. The first-order valence-corrected chi connectivity index (χ1v) is 9.37. The van der Waals surface area contributed by atoms with Crippen molar-refractivity contribution in [3.63, 3.8) is 0 Å². The molecule has 146 valence electrons. The number of hydrogen-bond donors (Lipinski definition) is 2. The predicted octanol–water partition coefficient (Wildman–Crippen LogP) is 3.17. The average molecular weight is 379 g/mol. The van der Waals surface area contributed by atoms with Gasteiger partial charge in [0.15, 0.2) is 6.61 Å². The molecule has 0 radical (unpaired) electrons. The van der Waals surface area contributed by atoms with Crippen LogP contribution in [0.1, 0.15) is 44.9 Å². The molecule has 27 heavy (non-hydrogen) atoms. The lowest BCUT2D eigenvalue weighted by Gasteiger charge is -2.60. The molecule has 4 saturated carbocycles. The van der Waals surface area contributed by atoms with Crippen LogP contribution < -0.4 is 5.32 Å². The Morgan fingerprint density at radius 2 is 1.89 bits per heavy atom. The van der Waals surface area contributed by atoms with Crippen molar-refractivity contribution in [2.45, 2.75) is 50.5 Å². The summed E-state index contributed by atoms with van der Waals surface area (Å²) in [6.07, 6.45) is 5.44. The Labute approximate surface area is 156 Å². The van der Waals surface area contributed by atoms with Crippen LogP contribution in [0.25, 0.3) is 0 Å². The van der Waals surface area contributed by atoms with E-state index in [0.29, 0.717) is 24.3 Å². The van der Waals surface area contributed by atoms with Gasteiger partial charge in [-0.3, -0.25) is 9.59 Å². The number of amides is 1. The van der Waals surface area contributed by atoms with E-state index in [2.05, 4.69) is 5.32 Å². The first-order chi connectivity index (χ1) is 12.7. The maximum absolute atomic E-state index is 13.5. The number of carbonyl (C=O) groups excluding carboxylic acids is 2. The zero-order valence-electron chi connectivity index (χ0n) is 15.0. The van der Waals surface area contributed by atoms with E-state index < -0.39 is 35.7 Å². The van der Waals surface area contributed by atoms with Gasteiger partial charge in [-0.1, -0.05) is 0 Å². The molecule has 4 aliphatic carbocycles. The fraction of sp³-hybridized carbons (Fsp3) is 0.600. The molecule has 4 fully saturated rings. The second kappa shape index (κ2) is 6.55. The standard InChI is InChI=1S/C20H23F2NO4/c21-14-1-2-16(15(22)4-14)23-17(24)10-27-18(25)9-19-5-12-3-13(6-19)8-20(26,7-12)11-19/h1-2,4,12-13,26H,3,5-11H2,(H,23,24)/t12-,13+,19?,20?. The van der Waals surface area contributed by atoms with Crippen molar-refractivity contribution >= 4 is 17.6 Å². The number of halogens is 2. The topological polar surface area (TPSA) is 75.6 Å². The summed E-state index contributed by atoms with van der Waals surface area (Å²) in [6.45, 7) is -0.525. The van der Waals surface area contributed by atoms with Crippen molar-refractivity contribution < 1.29 is 28.2 Å². The highest BCUT2D eigenvalue weighted by Crippen LogP contribution is 2.62. The van der Waals surface area contributed by atoms with Gasteiger partial charge in [-0.05, 0) is 67.9 Å². The molecule has 0 aliphatic heterocycles. The summed E-state index contributed by atoms with van der Waals surface area (Å²) in [6, 6.07) is 2.81. The maximum Gasteiger partial charge on any atom is 0.306 e. The molecule has 0 spiro atoms. The van der Waals surface area contributed by atoms with E-state index >= 15 is 0 Å². The van der Waals surface area contributed by atoms with Gasteiger partial charge >= 0.3 is 5.97 Å². The van der Waals surface area contributed by atoms with Gasteiger partial charge in [-0.15, -0.1) is 0 Å². The fourth-order valence-corrected chi connectivity index (χ4v) is 5.89. The number of ether oxygens (including phenoxy) is 1. The Kier molecular flexibility index (Phi) is 4.45. The third-order valence-corrected chi connectivity index (χ3v) is 6.24. The van der Waals surface area contributed by atoms with Gasteiger partial charge in [0.1, 0.15) is 11.6 Å². The molecule has 1 aromatic carbocycles. The largest absolute Gasteiger partial charge is 0.456 e. The van der Waals surface area contributed by atoms with Crippen LogP contribution in [-0.4, -0.2) is 29.2 Å². The molecule has 4 bridgehead atoms. The average Bonchev–Trinajstić information content (AvgIpc) is 2.53. The molecule has 0 saturated heterocycles. The molecule has 5 rings (SSSR count). The summed E-state index contributed by atoms with van der Waals surface area (Å²) in [4.78, 5) is 24.2. The van der Waals surface area contributed by atoms with Crippen molar-refractivity contribution in [2.24, 2.45) is 17.3 Å². The van der Waals surface area contributed by atoms with Gasteiger partial charge in [0.05, 0.1) is 17.7 Å². The lowest BCUT2D eigenvalue weighted by Crippen LogP contribution is -2.56. The van der Waals surface area contributed by atoms with Crippen LogP contribution in [0.2, 0.25) is 0 Å². The van der Waals surface area contributed by atoms with Crippen LogP contribution >= 0.6 is 0 Å². The molecule has 1 aromatic rings. The first-order valence-electron chi connectivity index (χ1n) is 9.37. The molecule has 1 amide bonds. The molecule has 2 unspecified atom stereocenters. The van der Waals surface area contributed by atoms with Crippen LogP contribution in [0.3, 0.4) is 0 Å². The van der Waals surface area contributed by atoms with Gasteiger partial charge in [-0.25, -0.2) is 8.78 Å².